The van der Waals surface area contributed by atoms with Gasteiger partial charge in [0.05, 0.1) is 0 Å². The van der Waals surface area contributed by atoms with Crippen LogP contribution >= 0.6 is 23.2 Å². The minimum absolute atomic E-state index is 0. The standard InChI is InChI=1S/C4H4ClFO2.C2H2ClF.CH4/c1-3(7)8-2-4(5)6;1-2(3)4;/h2H,1H3;1H2;1H4. The Labute approximate surface area is 85.8 Å². The Bertz CT molecular complexity index is 185. The maximum Gasteiger partial charge on any atom is 0.307 e. The van der Waals surface area contributed by atoms with E-state index < -0.39 is 16.5 Å². The monoisotopic (exact) mass is 234 g/mol. The maximum absolute atomic E-state index is 11.4. The van der Waals surface area contributed by atoms with Crippen molar-refractivity contribution < 1.29 is 18.3 Å². The molecule has 0 N–H and O–H groups in total. The van der Waals surface area contributed by atoms with Crippen molar-refractivity contribution in [3.05, 3.63) is 23.4 Å². The molecule has 2 nitrogen and oxygen atoms in total. The van der Waals surface area contributed by atoms with E-state index in [4.69, 9.17) is 0 Å². The van der Waals surface area contributed by atoms with Gasteiger partial charge in [0, 0.05) is 6.92 Å². The summed E-state index contributed by atoms with van der Waals surface area (Å²) in [7, 11) is 0. The second kappa shape index (κ2) is 11.4. The summed E-state index contributed by atoms with van der Waals surface area (Å²) < 4.78 is 26.0. The number of rotatable bonds is 1. The van der Waals surface area contributed by atoms with E-state index in [1.54, 1.807) is 0 Å². The largest absolute Gasteiger partial charge is 0.431 e. The van der Waals surface area contributed by atoms with Crippen molar-refractivity contribution in [2.75, 3.05) is 0 Å². The molecular weight excluding hydrogens is 225 g/mol. The molecule has 0 atom stereocenters. The van der Waals surface area contributed by atoms with Crippen LogP contribution in [0.15, 0.2) is 23.4 Å². The zero-order valence-corrected chi connectivity index (χ0v) is 7.62. The number of halogens is 4. The quantitative estimate of drug-likeness (QED) is 0.509. The van der Waals surface area contributed by atoms with Crippen LogP contribution in [0.5, 0.6) is 0 Å². The highest BCUT2D eigenvalue weighted by Crippen LogP contribution is 2.00. The molecule has 0 heterocycles. The van der Waals surface area contributed by atoms with E-state index in [0.717, 1.165) is 6.92 Å². The van der Waals surface area contributed by atoms with Crippen molar-refractivity contribution in [2.24, 2.45) is 0 Å². The highest BCUT2D eigenvalue weighted by molar-refractivity contribution is 6.28. The van der Waals surface area contributed by atoms with Gasteiger partial charge in [-0.25, -0.2) is 0 Å². The molecule has 0 aliphatic carbocycles. The number of esters is 1. The average Bonchev–Trinajstić information content (AvgIpc) is 1.82. The number of hydrogen-bond donors (Lipinski definition) is 0. The Kier molecular flexibility index (Phi) is 16.0. The van der Waals surface area contributed by atoms with E-state index in [1.165, 1.54) is 0 Å². The predicted molar refractivity (Wildman–Crippen MR) is 49.6 cm³/mol. The molecule has 6 heteroatoms. The Morgan fingerprint density at radius 3 is 1.85 bits per heavy atom. The molecule has 0 radical (unpaired) electrons. The molecule has 0 saturated carbocycles. The molecular formula is C7H10Cl2F2O2. The first-order valence-corrected chi connectivity index (χ1v) is 3.30. The van der Waals surface area contributed by atoms with Crippen molar-refractivity contribution in [3.63, 3.8) is 0 Å². The molecule has 0 bridgehead atoms. The smallest absolute Gasteiger partial charge is 0.307 e. The van der Waals surface area contributed by atoms with Gasteiger partial charge >= 0.3 is 5.97 Å². The molecule has 0 unspecified atom stereocenters. The summed E-state index contributed by atoms with van der Waals surface area (Å²) >= 11 is 9.05. The van der Waals surface area contributed by atoms with Crippen molar-refractivity contribution >= 4 is 29.2 Å². The third kappa shape index (κ3) is 52.1. The minimum atomic E-state index is -1.04. The summed E-state index contributed by atoms with van der Waals surface area (Å²) in [5.74, 6) is -0.596. The van der Waals surface area contributed by atoms with Gasteiger partial charge in [-0.05, 0) is 11.6 Å². The molecule has 0 aliphatic rings. The highest BCUT2D eigenvalue weighted by Gasteiger charge is 1.88. The topological polar surface area (TPSA) is 26.3 Å². The van der Waals surface area contributed by atoms with Crippen LogP contribution in [0.4, 0.5) is 8.78 Å². The molecule has 78 valence electrons. The predicted octanol–water partition coefficient (Wildman–Crippen LogP) is 3.86. The second-order valence-corrected chi connectivity index (χ2v) is 2.13. The highest BCUT2D eigenvalue weighted by atomic mass is 35.5. The zero-order valence-electron chi connectivity index (χ0n) is 6.11. The van der Waals surface area contributed by atoms with E-state index in [-0.39, 0.29) is 7.43 Å². The van der Waals surface area contributed by atoms with Gasteiger partial charge in [-0.3, -0.25) is 4.79 Å². The lowest BCUT2D eigenvalue weighted by atomic mass is 10.8. The summed E-state index contributed by atoms with van der Waals surface area (Å²) in [4.78, 5) is 9.86. The Morgan fingerprint density at radius 1 is 1.46 bits per heavy atom. The molecule has 13 heavy (non-hydrogen) atoms. The van der Waals surface area contributed by atoms with Crippen molar-refractivity contribution in [3.8, 4) is 0 Å². The van der Waals surface area contributed by atoms with Crippen LogP contribution in [-0.4, -0.2) is 5.97 Å². The fraction of sp³-hybridized carbons (Fsp3) is 0.286. The van der Waals surface area contributed by atoms with Crippen LogP contribution in [0, 0.1) is 0 Å². The van der Waals surface area contributed by atoms with E-state index >= 15 is 0 Å². The van der Waals surface area contributed by atoms with Gasteiger partial charge in [0.15, 0.2) is 5.29 Å². The van der Waals surface area contributed by atoms with E-state index in [0.29, 0.717) is 6.26 Å². The van der Waals surface area contributed by atoms with E-state index in [1.807, 2.05) is 0 Å². The van der Waals surface area contributed by atoms with Crippen LogP contribution in [-0.2, 0) is 9.53 Å². The maximum atomic E-state index is 11.4. The van der Waals surface area contributed by atoms with Gasteiger partial charge in [0.1, 0.15) is 6.26 Å². The SMILES string of the molecule is C.C=C(F)Cl.CC(=O)OC=C(F)Cl. The molecule has 0 aromatic heterocycles. The van der Waals surface area contributed by atoms with Gasteiger partial charge in [0.25, 0.3) is 0 Å². The Morgan fingerprint density at radius 2 is 1.77 bits per heavy atom. The summed E-state index contributed by atoms with van der Waals surface area (Å²) in [6.07, 6.45) is 0.532. The van der Waals surface area contributed by atoms with E-state index in [9.17, 15) is 13.6 Å². The van der Waals surface area contributed by atoms with Crippen molar-refractivity contribution in [1.82, 2.24) is 0 Å². The fourth-order valence-corrected chi connectivity index (χ4v) is 0.172. The van der Waals surface area contributed by atoms with Crippen LogP contribution < -0.4 is 0 Å². The number of carbonyl (C=O) groups excluding carboxylic acids is 1. The Hall–Kier alpha value is -0.610. The number of hydrogen-bond acceptors (Lipinski definition) is 2. The summed E-state index contributed by atoms with van der Waals surface area (Å²) in [6, 6.07) is 0. The molecule has 0 aromatic carbocycles. The lowest BCUT2D eigenvalue weighted by Gasteiger charge is -1.86. The van der Waals surface area contributed by atoms with Gasteiger partial charge < -0.3 is 4.74 Å². The molecule has 0 amide bonds. The summed E-state index contributed by atoms with van der Waals surface area (Å²) in [5.41, 5.74) is 0. The van der Waals surface area contributed by atoms with Gasteiger partial charge in [-0.2, -0.15) is 8.78 Å². The lowest BCUT2D eigenvalue weighted by Crippen LogP contribution is -1.89. The molecule has 0 aliphatic heterocycles. The van der Waals surface area contributed by atoms with Crippen molar-refractivity contribution in [2.45, 2.75) is 14.4 Å². The van der Waals surface area contributed by atoms with Crippen LogP contribution in [0.2, 0.25) is 0 Å². The number of ether oxygens (including phenoxy) is 1. The second-order valence-electron chi connectivity index (χ2n) is 1.36. The molecule has 0 spiro atoms. The first-order chi connectivity index (χ1) is 5.36. The molecule has 0 saturated heterocycles. The third-order valence-corrected chi connectivity index (χ3v) is 0.403. The van der Waals surface area contributed by atoms with Crippen molar-refractivity contribution in [1.29, 1.82) is 0 Å². The fourth-order valence-electron chi connectivity index (χ4n) is 0.128. The molecule has 0 rings (SSSR count). The van der Waals surface area contributed by atoms with Gasteiger partial charge in [-0.15, -0.1) is 0 Å². The first-order valence-electron chi connectivity index (χ1n) is 2.54. The summed E-state index contributed by atoms with van der Waals surface area (Å²) in [6.45, 7) is 3.80. The molecule has 0 aromatic rings. The van der Waals surface area contributed by atoms with Crippen LogP contribution in [0.3, 0.4) is 0 Å². The van der Waals surface area contributed by atoms with Crippen LogP contribution in [0.1, 0.15) is 14.4 Å². The third-order valence-electron chi connectivity index (χ3n) is 0.314. The first kappa shape index (κ1) is 18.2. The Balaban J connectivity index is -0.000000173. The lowest BCUT2D eigenvalue weighted by molar-refractivity contribution is -0.135. The van der Waals surface area contributed by atoms with Gasteiger partial charge in [-0.1, -0.05) is 25.6 Å². The van der Waals surface area contributed by atoms with E-state index in [2.05, 4.69) is 34.5 Å². The zero-order chi connectivity index (χ0) is 10.1. The van der Waals surface area contributed by atoms with Crippen LogP contribution in [0.25, 0.3) is 0 Å². The number of carbonyl (C=O) groups is 1. The average molecular weight is 235 g/mol. The van der Waals surface area contributed by atoms with Gasteiger partial charge in [0.2, 0.25) is 5.29 Å². The molecule has 0 fully saturated rings. The normalized spacial score (nSPS) is 8.85. The minimum Gasteiger partial charge on any atom is -0.431 e. The summed E-state index contributed by atoms with van der Waals surface area (Å²) in [5, 5.41) is -1.90.